The van der Waals surface area contributed by atoms with Crippen LogP contribution in [0.1, 0.15) is 42.3 Å². The van der Waals surface area contributed by atoms with E-state index >= 15 is 0 Å². The number of aliphatic hydroxyl groups excluding tert-OH is 1. The number of nitrogens with zero attached hydrogens (tertiary/aromatic N) is 1. The maximum atomic E-state index is 12.3. The van der Waals surface area contributed by atoms with Crippen molar-refractivity contribution in [3.8, 4) is 0 Å². The fraction of sp³-hybridized carbons (Fsp3) is 0.625. The highest BCUT2D eigenvalue weighted by Gasteiger charge is 2.29. The van der Waals surface area contributed by atoms with Crippen LogP contribution in [-0.2, 0) is 4.79 Å². The summed E-state index contributed by atoms with van der Waals surface area (Å²) in [5, 5.41) is 14.3. The molecule has 1 saturated heterocycles. The normalized spacial score (nSPS) is 19.7. The predicted octanol–water partition coefficient (Wildman–Crippen LogP) is 1.88. The van der Waals surface area contributed by atoms with Gasteiger partial charge >= 0.3 is 0 Å². The Bertz CT molecular complexity index is 490. The highest BCUT2D eigenvalue weighted by Crippen LogP contribution is 2.20. The standard InChI is InChI=1S/C16H24N2O3S/c1-2-13(19)7-8-17-15(20)12-5-3-9-18(11-12)16(21)14-6-4-10-22-14/h4,6,10,12-13,19H,2-3,5,7-9,11H2,1H3,(H,17,20). The molecule has 1 fully saturated rings. The van der Waals surface area contributed by atoms with Gasteiger partial charge in [0, 0.05) is 19.6 Å². The molecule has 1 aliphatic heterocycles. The number of hydrogen-bond donors (Lipinski definition) is 2. The molecule has 0 aromatic carbocycles. The first kappa shape index (κ1) is 17.0. The minimum Gasteiger partial charge on any atom is -0.393 e. The Morgan fingerprint density at radius 3 is 3.05 bits per heavy atom. The van der Waals surface area contributed by atoms with Crippen LogP contribution in [0.3, 0.4) is 0 Å². The van der Waals surface area contributed by atoms with E-state index in [-0.39, 0.29) is 23.8 Å². The van der Waals surface area contributed by atoms with Crippen LogP contribution < -0.4 is 5.32 Å². The fourth-order valence-electron chi connectivity index (χ4n) is 2.64. The minimum absolute atomic E-state index is 0.00742. The smallest absolute Gasteiger partial charge is 0.263 e. The second-order valence-electron chi connectivity index (χ2n) is 5.71. The molecule has 0 saturated carbocycles. The molecular formula is C16H24N2O3S. The van der Waals surface area contributed by atoms with Crippen LogP contribution in [0.2, 0.25) is 0 Å². The first-order valence-electron chi connectivity index (χ1n) is 7.90. The van der Waals surface area contributed by atoms with Gasteiger partial charge in [-0.05, 0) is 37.1 Å². The molecule has 1 aromatic rings. The zero-order chi connectivity index (χ0) is 15.9. The molecule has 5 nitrogen and oxygen atoms in total. The Balaban J connectivity index is 1.82. The van der Waals surface area contributed by atoms with E-state index in [0.717, 1.165) is 24.3 Å². The van der Waals surface area contributed by atoms with Gasteiger partial charge in [-0.15, -0.1) is 11.3 Å². The zero-order valence-corrected chi connectivity index (χ0v) is 13.8. The highest BCUT2D eigenvalue weighted by molar-refractivity contribution is 7.12. The lowest BCUT2D eigenvalue weighted by molar-refractivity contribution is -0.126. The number of likely N-dealkylation sites (tertiary alicyclic amines) is 1. The number of aliphatic hydroxyl groups is 1. The molecule has 2 N–H and O–H groups in total. The van der Waals surface area contributed by atoms with Crippen LogP contribution in [0.25, 0.3) is 0 Å². The van der Waals surface area contributed by atoms with E-state index in [0.29, 0.717) is 25.9 Å². The van der Waals surface area contributed by atoms with E-state index < -0.39 is 0 Å². The number of thiophene rings is 1. The number of hydrogen-bond acceptors (Lipinski definition) is 4. The van der Waals surface area contributed by atoms with Crippen molar-refractivity contribution in [3.05, 3.63) is 22.4 Å². The molecule has 22 heavy (non-hydrogen) atoms. The molecule has 2 heterocycles. The summed E-state index contributed by atoms with van der Waals surface area (Å²) < 4.78 is 0. The number of amides is 2. The van der Waals surface area contributed by atoms with Crippen LogP contribution in [0.5, 0.6) is 0 Å². The van der Waals surface area contributed by atoms with Gasteiger partial charge in [-0.3, -0.25) is 9.59 Å². The molecule has 0 aliphatic carbocycles. The lowest BCUT2D eigenvalue weighted by Crippen LogP contribution is -2.45. The van der Waals surface area contributed by atoms with Crippen LogP contribution >= 0.6 is 11.3 Å². The lowest BCUT2D eigenvalue weighted by Gasteiger charge is -2.31. The molecule has 0 radical (unpaired) electrons. The van der Waals surface area contributed by atoms with Gasteiger partial charge in [0.25, 0.3) is 5.91 Å². The van der Waals surface area contributed by atoms with Crippen LogP contribution in [0.15, 0.2) is 17.5 Å². The van der Waals surface area contributed by atoms with Crippen molar-refractivity contribution in [3.63, 3.8) is 0 Å². The highest BCUT2D eigenvalue weighted by atomic mass is 32.1. The van der Waals surface area contributed by atoms with Gasteiger partial charge < -0.3 is 15.3 Å². The summed E-state index contributed by atoms with van der Waals surface area (Å²) in [5.41, 5.74) is 0. The largest absolute Gasteiger partial charge is 0.393 e. The van der Waals surface area contributed by atoms with E-state index in [9.17, 15) is 14.7 Å². The summed E-state index contributed by atoms with van der Waals surface area (Å²) >= 11 is 1.43. The second-order valence-corrected chi connectivity index (χ2v) is 6.66. The van der Waals surface area contributed by atoms with Gasteiger partial charge in [-0.1, -0.05) is 13.0 Å². The van der Waals surface area contributed by atoms with E-state index in [4.69, 9.17) is 0 Å². The number of piperidine rings is 1. The van der Waals surface area contributed by atoms with E-state index in [1.807, 2.05) is 24.4 Å². The summed E-state index contributed by atoms with van der Waals surface area (Å²) in [7, 11) is 0. The summed E-state index contributed by atoms with van der Waals surface area (Å²) in [4.78, 5) is 27.0. The van der Waals surface area contributed by atoms with Crippen molar-refractivity contribution < 1.29 is 14.7 Å². The van der Waals surface area contributed by atoms with Gasteiger partial charge in [0.2, 0.25) is 5.91 Å². The molecule has 1 aliphatic rings. The molecular weight excluding hydrogens is 300 g/mol. The Morgan fingerprint density at radius 1 is 1.55 bits per heavy atom. The molecule has 2 amide bonds. The number of carbonyl (C=O) groups is 2. The predicted molar refractivity (Wildman–Crippen MR) is 86.9 cm³/mol. The van der Waals surface area contributed by atoms with E-state index in [1.54, 1.807) is 4.90 Å². The molecule has 2 unspecified atom stereocenters. The third-order valence-corrected chi connectivity index (χ3v) is 4.92. The van der Waals surface area contributed by atoms with Gasteiger partial charge in [-0.2, -0.15) is 0 Å². The molecule has 122 valence electrons. The summed E-state index contributed by atoms with van der Waals surface area (Å²) in [6.07, 6.45) is 2.59. The van der Waals surface area contributed by atoms with Crippen molar-refractivity contribution >= 4 is 23.2 Å². The average Bonchev–Trinajstić information content (AvgIpc) is 3.08. The molecule has 6 heteroatoms. The van der Waals surface area contributed by atoms with Crippen molar-refractivity contribution in [2.45, 2.75) is 38.7 Å². The summed E-state index contributed by atoms with van der Waals surface area (Å²) in [6, 6.07) is 3.69. The average molecular weight is 324 g/mol. The Labute approximate surface area is 135 Å². The van der Waals surface area contributed by atoms with Crippen molar-refractivity contribution in [2.24, 2.45) is 5.92 Å². The van der Waals surface area contributed by atoms with Crippen LogP contribution in [0.4, 0.5) is 0 Å². The maximum Gasteiger partial charge on any atom is 0.263 e. The molecule has 2 atom stereocenters. The fourth-order valence-corrected chi connectivity index (χ4v) is 3.33. The zero-order valence-electron chi connectivity index (χ0n) is 13.0. The Hall–Kier alpha value is -1.40. The quantitative estimate of drug-likeness (QED) is 0.839. The SMILES string of the molecule is CCC(O)CCNC(=O)C1CCCN(C(=O)c2cccs2)C1. The third-order valence-electron chi connectivity index (χ3n) is 4.06. The first-order valence-corrected chi connectivity index (χ1v) is 8.78. The van der Waals surface area contributed by atoms with Gasteiger partial charge in [-0.25, -0.2) is 0 Å². The number of nitrogens with one attached hydrogen (secondary N) is 1. The summed E-state index contributed by atoms with van der Waals surface area (Å²) in [6.45, 7) is 3.61. The first-order chi connectivity index (χ1) is 10.6. The van der Waals surface area contributed by atoms with E-state index in [1.165, 1.54) is 11.3 Å². The number of carbonyl (C=O) groups excluding carboxylic acids is 2. The molecule has 0 spiro atoms. The van der Waals surface area contributed by atoms with E-state index in [2.05, 4.69) is 5.32 Å². The van der Waals surface area contributed by atoms with Gasteiger partial charge in [0.15, 0.2) is 0 Å². The van der Waals surface area contributed by atoms with Crippen molar-refractivity contribution in [1.82, 2.24) is 10.2 Å². The maximum absolute atomic E-state index is 12.3. The lowest BCUT2D eigenvalue weighted by atomic mass is 9.97. The monoisotopic (exact) mass is 324 g/mol. The van der Waals surface area contributed by atoms with Crippen molar-refractivity contribution in [2.75, 3.05) is 19.6 Å². The summed E-state index contributed by atoms with van der Waals surface area (Å²) in [5.74, 6) is -0.127. The molecule has 0 bridgehead atoms. The van der Waals surface area contributed by atoms with Crippen LogP contribution in [0, 0.1) is 5.92 Å². The van der Waals surface area contributed by atoms with Crippen molar-refractivity contribution in [1.29, 1.82) is 0 Å². The minimum atomic E-state index is -0.358. The Morgan fingerprint density at radius 2 is 2.36 bits per heavy atom. The van der Waals surface area contributed by atoms with Gasteiger partial charge in [0.1, 0.15) is 0 Å². The second kappa shape index (κ2) is 8.29. The number of rotatable bonds is 6. The topological polar surface area (TPSA) is 69.6 Å². The molecule has 1 aromatic heterocycles. The van der Waals surface area contributed by atoms with Crippen LogP contribution in [-0.4, -0.2) is 47.6 Å². The molecule has 2 rings (SSSR count). The third kappa shape index (κ3) is 4.55. The Kier molecular flexibility index (Phi) is 6.39. The van der Waals surface area contributed by atoms with Gasteiger partial charge in [0.05, 0.1) is 16.9 Å².